The van der Waals surface area contributed by atoms with Crippen molar-refractivity contribution in [3.63, 3.8) is 0 Å². The molecule has 3 heterocycles. The highest BCUT2D eigenvalue weighted by Gasteiger charge is 2.04. The molecule has 0 aliphatic carbocycles. The van der Waals surface area contributed by atoms with E-state index in [-0.39, 0.29) is 0 Å². The first-order valence-electron chi connectivity index (χ1n) is 4.59. The molecule has 0 spiro atoms. The quantitative estimate of drug-likeness (QED) is 0.712. The van der Waals surface area contributed by atoms with Crippen LogP contribution in [0.3, 0.4) is 0 Å². The smallest absolute Gasteiger partial charge is 0.180 e. The van der Waals surface area contributed by atoms with E-state index >= 15 is 0 Å². The molecule has 74 valence electrons. The molecule has 0 amide bonds. The molecule has 3 aromatic heterocycles. The molecule has 1 N–H and O–H groups in total. The van der Waals surface area contributed by atoms with Crippen LogP contribution in [0.25, 0.3) is 11.2 Å². The molecule has 0 saturated heterocycles. The van der Waals surface area contributed by atoms with Crippen LogP contribution in [-0.4, -0.2) is 19.9 Å². The summed E-state index contributed by atoms with van der Waals surface area (Å²) in [7, 11) is 0. The van der Waals surface area contributed by atoms with E-state index in [9.17, 15) is 0 Å². The Bertz CT molecular complexity index is 537. The Kier molecular flexibility index (Phi) is 1.96. The maximum atomic E-state index is 4.39. The van der Waals surface area contributed by atoms with Crippen molar-refractivity contribution in [2.45, 2.75) is 6.42 Å². The number of hydrogen-bond acceptors (Lipinski definition) is 4. The molecule has 0 aromatic carbocycles. The first-order chi connectivity index (χ1) is 7.42. The lowest BCUT2D eigenvalue weighted by atomic mass is 10.3. The van der Waals surface area contributed by atoms with Crippen molar-refractivity contribution >= 4 is 22.5 Å². The number of nitrogens with one attached hydrogen (secondary N) is 1. The third kappa shape index (κ3) is 1.61. The SMILES string of the molecule is c1csc(Cc2nc3ncncc3[nH]2)c1. The van der Waals surface area contributed by atoms with Gasteiger partial charge in [-0.2, -0.15) is 0 Å². The van der Waals surface area contributed by atoms with Crippen molar-refractivity contribution in [1.82, 2.24) is 19.9 Å². The predicted octanol–water partition coefficient (Wildman–Crippen LogP) is 2.01. The Morgan fingerprint density at radius 1 is 1.40 bits per heavy atom. The maximum Gasteiger partial charge on any atom is 0.180 e. The number of H-pyrrole nitrogens is 1. The third-order valence-corrected chi connectivity index (χ3v) is 3.01. The van der Waals surface area contributed by atoms with E-state index in [0.29, 0.717) is 0 Å². The molecular formula is C10H8N4S. The Morgan fingerprint density at radius 3 is 3.20 bits per heavy atom. The van der Waals surface area contributed by atoms with Crippen molar-refractivity contribution in [2.75, 3.05) is 0 Å². The van der Waals surface area contributed by atoms with Gasteiger partial charge in [-0.05, 0) is 11.4 Å². The fraction of sp³-hybridized carbons (Fsp3) is 0.100. The summed E-state index contributed by atoms with van der Waals surface area (Å²) >= 11 is 1.73. The normalized spacial score (nSPS) is 10.9. The average Bonchev–Trinajstić information content (AvgIpc) is 2.86. The largest absolute Gasteiger partial charge is 0.339 e. The highest BCUT2D eigenvalue weighted by Crippen LogP contribution is 2.14. The number of imidazole rings is 1. The van der Waals surface area contributed by atoms with E-state index in [4.69, 9.17) is 0 Å². The molecule has 3 rings (SSSR count). The van der Waals surface area contributed by atoms with Gasteiger partial charge in [0.1, 0.15) is 17.7 Å². The number of aromatic amines is 1. The molecule has 4 nitrogen and oxygen atoms in total. The second-order valence-corrected chi connectivity index (χ2v) is 4.23. The molecule has 0 aliphatic heterocycles. The lowest BCUT2D eigenvalue weighted by molar-refractivity contribution is 1.05. The Labute approximate surface area is 90.0 Å². The minimum absolute atomic E-state index is 0.733. The molecule has 0 aliphatic rings. The van der Waals surface area contributed by atoms with Gasteiger partial charge in [0.05, 0.1) is 6.20 Å². The molecule has 3 aromatic rings. The third-order valence-electron chi connectivity index (χ3n) is 2.13. The first-order valence-corrected chi connectivity index (χ1v) is 5.47. The van der Waals surface area contributed by atoms with Gasteiger partial charge >= 0.3 is 0 Å². The Morgan fingerprint density at radius 2 is 2.40 bits per heavy atom. The number of fused-ring (bicyclic) bond motifs is 1. The summed E-state index contributed by atoms with van der Waals surface area (Å²) in [4.78, 5) is 16.9. The van der Waals surface area contributed by atoms with Crippen LogP contribution in [0.1, 0.15) is 10.7 Å². The monoisotopic (exact) mass is 216 g/mol. The molecule has 5 heteroatoms. The predicted molar refractivity (Wildman–Crippen MR) is 58.8 cm³/mol. The van der Waals surface area contributed by atoms with Crippen LogP contribution >= 0.6 is 11.3 Å². The van der Waals surface area contributed by atoms with E-state index in [1.54, 1.807) is 17.5 Å². The molecule has 0 saturated carbocycles. The van der Waals surface area contributed by atoms with Crippen LogP contribution in [0.15, 0.2) is 30.0 Å². The summed E-state index contributed by atoms with van der Waals surface area (Å²) in [6, 6.07) is 4.14. The summed E-state index contributed by atoms with van der Waals surface area (Å²) in [6.45, 7) is 0. The number of thiophene rings is 1. The summed E-state index contributed by atoms with van der Waals surface area (Å²) < 4.78 is 0. The standard InChI is InChI=1S/C10H8N4S/c1-2-7(15-3-1)4-9-13-8-5-11-6-12-10(8)14-9/h1-3,5-6H,4H2,(H,11,12,13,14). The summed E-state index contributed by atoms with van der Waals surface area (Å²) in [5.74, 6) is 0.938. The van der Waals surface area contributed by atoms with E-state index in [1.807, 2.05) is 6.07 Å². The first kappa shape index (κ1) is 8.55. The highest BCUT2D eigenvalue weighted by molar-refractivity contribution is 7.09. The van der Waals surface area contributed by atoms with E-state index in [0.717, 1.165) is 23.4 Å². The van der Waals surface area contributed by atoms with Crippen molar-refractivity contribution in [3.8, 4) is 0 Å². The van der Waals surface area contributed by atoms with Gasteiger partial charge in [0, 0.05) is 11.3 Å². The molecule has 0 bridgehead atoms. The maximum absolute atomic E-state index is 4.39. The molecule has 0 fully saturated rings. The van der Waals surface area contributed by atoms with Crippen LogP contribution in [0, 0.1) is 0 Å². The van der Waals surface area contributed by atoms with E-state index in [2.05, 4.69) is 31.4 Å². The van der Waals surface area contributed by atoms with Gasteiger partial charge < -0.3 is 4.98 Å². The van der Waals surface area contributed by atoms with Gasteiger partial charge in [0.25, 0.3) is 0 Å². The van der Waals surface area contributed by atoms with Crippen LogP contribution in [0.4, 0.5) is 0 Å². The minimum Gasteiger partial charge on any atom is -0.339 e. The zero-order chi connectivity index (χ0) is 10.1. The van der Waals surface area contributed by atoms with Gasteiger partial charge in [0.2, 0.25) is 0 Å². The number of aromatic nitrogens is 4. The van der Waals surface area contributed by atoms with E-state index in [1.165, 1.54) is 11.2 Å². The zero-order valence-electron chi connectivity index (χ0n) is 7.84. The second-order valence-electron chi connectivity index (χ2n) is 3.20. The zero-order valence-corrected chi connectivity index (χ0v) is 8.66. The van der Waals surface area contributed by atoms with E-state index < -0.39 is 0 Å². The lowest BCUT2D eigenvalue weighted by Gasteiger charge is -1.90. The molecule has 0 atom stereocenters. The molecule has 0 radical (unpaired) electrons. The van der Waals surface area contributed by atoms with Gasteiger partial charge in [-0.15, -0.1) is 11.3 Å². The van der Waals surface area contributed by atoms with Crippen molar-refractivity contribution < 1.29 is 0 Å². The Balaban J connectivity index is 1.98. The second kappa shape index (κ2) is 3.43. The number of rotatable bonds is 2. The van der Waals surface area contributed by atoms with Gasteiger partial charge in [0.15, 0.2) is 5.65 Å². The Hall–Kier alpha value is -1.75. The summed E-state index contributed by atoms with van der Waals surface area (Å²) in [6.07, 6.45) is 4.08. The molecule has 0 unspecified atom stereocenters. The molecular weight excluding hydrogens is 208 g/mol. The van der Waals surface area contributed by atoms with Gasteiger partial charge in [-0.1, -0.05) is 6.07 Å². The van der Waals surface area contributed by atoms with Crippen molar-refractivity contribution in [2.24, 2.45) is 0 Å². The lowest BCUT2D eigenvalue weighted by Crippen LogP contribution is -1.86. The van der Waals surface area contributed by atoms with Crippen molar-refractivity contribution in [3.05, 3.63) is 40.7 Å². The van der Waals surface area contributed by atoms with Gasteiger partial charge in [-0.25, -0.2) is 15.0 Å². The minimum atomic E-state index is 0.733. The molecule has 15 heavy (non-hydrogen) atoms. The van der Waals surface area contributed by atoms with Crippen LogP contribution in [0.5, 0.6) is 0 Å². The summed E-state index contributed by atoms with van der Waals surface area (Å²) in [5, 5.41) is 2.07. The topological polar surface area (TPSA) is 54.5 Å². The average molecular weight is 216 g/mol. The number of hydrogen-bond donors (Lipinski definition) is 1. The van der Waals surface area contributed by atoms with Crippen molar-refractivity contribution in [1.29, 1.82) is 0 Å². The van der Waals surface area contributed by atoms with Crippen LogP contribution in [-0.2, 0) is 6.42 Å². The van der Waals surface area contributed by atoms with Gasteiger partial charge in [-0.3, -0.25) is 0 Å². The van der Waals surface area contributed by atoms with Crippen LogP contribution < -0.4 is 0 Å². The fourth-order valence-corrected chi connectivity index (χ4v) is 2.18. The fourth-order valence-electron chi connectivity index (χ4n) is 1.47. The van der Waals surface area contributed by atoms with Crippen LogP contribution in [0.2, 0.25) is 0 Å². The number of nitrogens with zero attached hydrogens (tertiary/aromatic N) is 3. The summed E-state index contributed by atoms with van der Waals surface area (Å²) in [5.41, 5.74) is 1.63. The highest BCUT2D eigenvalue weighted by atomic mass is 32.1.